The summed E-state index contributed by atoms with van der Waals surface area (Å²) >= 11 is 1.10. The Morgan fingerprint density at radius 2 is 1.73 bits per heavy atom. The number of anilines is 1. The van der Waals surface area contributed by atoms with Crippen molar-refractivity contribution < 1.29 is 19.8 Å². The molecule has 2 N–H and O–H groups in total. The molecule has 1 heterocycles. The maximum absolute atomic E-state index is 13.5. The lowest BCUT2D eigenvalue weighted by molar-refractivity contribution is 0.0702. The van der Waals surface area contributed by atoms with E-state index in [4.69, 9.17) is 0 Å². The topological polar surface area (TPSA) is 77.8 Å². The standard InChI is InChI=1S/C24H27NO4S/c1-24(2,3)14-13-19-15-20(21(30-19)23(28)29)25(17-9-11-18(26)12-10-17)22(27)16-7-5-4-6-8-16/h4-8,15,17-18,26H,9-12H2,1-3H3,(H,28,29). The normalized spacial score (nSPS) is 18.9. The number of carbonyl (C=O) groups excluding carboxylic acids is 1. The average molecular weight is 426 g/mol. The SMILES string of the molecule is CC(C)(C)C#Cc1cc(N(C(=O)c2ccccc2)C2CCC(O)CC2)c(C(=O)O)s1. The number of carboxylic acids is 1. The van der Waals surface area contributed by atoms with E-state index >= 15 is 0 Å². The first-order chi connectivity index (χ1) is 14.2. The fourth-order valence-electron chi connectivity index (χ4n) is 3.53. The molecule has 1 amide bonds. The number of hydrogen-bond donors (Lipinski definition) is 2. The number of aliphatic hydroxyl groups is 1. The van der Waals surface area contributed by atoms with Crippen LogP contribution in [0, 0.1) is 17.3 Å². The van der Waals surface area contributed by atoms with E-state index in [-0.39, 0.29) is 28.3 Å². The summed E-state index contributed by atoms with van der Waals surface area (Å²) in [6.07, 6.45) is 2.05. The van der Waals surface area contributed by atoms with Crippen LogP contribution in [0.25, 0.3) is 0 Å². The quantitative estimate of drug-likeness (QED) is 0.690. The van der Waals surface area contributed by atoms with E-state index in [9.17, 15) is 19.8 Å². The van der Waals surface area contributed by atoms with Gasteiger partial charge >= 0.3 is 5.97 Å². The summed E-state index contributed by atoms with van der Waals surface area (Å²) in [7, 11) is 0. The lowest BCUT2D eigenvalue weighted by Crippen LogP contribution is -2.43. The van der Waals surface area contributed by atoms with Gasteiger partial charge in [0.25, 0.3) is 5.91 Å². The van der Waals surface area contributed by atoms with Crippen molar-refractivity contribution in [2.45, 2.75) is 58.6 Å². The second-order valence-electron chi connectivity index (χ2n) is 8.63. The smallest absolute Gasteiger partial charge is 0.348 e. The van der Waals surface area contributed by atoms with E-state index in [2.05, 4.69) is 11.8 Å². The lowest BCUT2D eigenvalue weighted by atomic mass is 9.91. The van der Waals surface area contributed by atoms with Crippen LogP contribution in [0.15, 0.2) is 36.4 Å². The minimum absolute atomic E-state index is 0.114. The Bertz CT molecular complexity index is 970. The third-order valence-corrected chi connectivity index (χ3v) is 6.03. The highest BCUT2D eigenvalue weighted by Crippen LogP contribution is 2.36. The minimum Gasteiger partial charge on any atom is -0.477 e. The number of aromatic carboxylic acids is 1. The second-order valence-corrected chi connectivity index (χ2v) is 9.69. The highest BCUT2D eigenvalue weighted by Gasteiger charge is 2.33. The summed E-state index contributed by atoms with van der Waals surface area (Å²) in [5.41, 5.74) is 0.682. The Morgan fingerprint density at radius 3 is 2.30 bits per heavy atom. The first kappa shape index (κ1) is 22.1. The summed E-state index contributed by atoms with van der Waals surface area (Å²) in [6, 6.07) is 10.5. The largest absolute Gasteiger partial charge is 0.477 e. The van der Waals surface area contributed by atoms with Crippen LogP contribution >= 0.6 is 11.3 Å². The molecule has 6 heteroatoms. The molecule has 1 fully saturated rings. The molecule has 30 heavy (non-hydrogen) atoms. The molecule has 0 saturated heterocycles. The van der Waals surface area contributed by atoms with Gasteiger partial charge in [-0.2, -0.15) is 0 Å². The van der Waals surface area contributed by atoms with E-state index in [0.29, 0.717) is 41.8 Å². The van der Waals surface area contributed by atoms with Gasteiger partial charge in [0, 0.05) is 17.0 Å². The predicted octanol–water partition coefficient (Wildman–Crippen LogP) is 4.79. The molecule has 0 radical (unpaired) electrons. The van der Waals surface area contributed by atoms with E-state index < -0.39 is 5.97 Å². The van der Waals surface area contributed by atoms with E-state index in [1.807, 2.05) is 26.8 Å². The number of thiophene rings is 1. The summed E-state index contributed by atoms with van der Waals surface area (Å²) in [5, 5.41) is 19.7. The summed E-state index contributed by atoms with van der Waals surface area (Å²) < 4.78 is 0. The van der Waals surface area contributed by atoms with Crippen LogP contribution in [-0.2, 0) is 0 Å². The molecule has 0 atom stereocenters. The van der Waals surface area contributed by atoms with Crippen molar-refractivity contribution in [2.24, 2.45) is 5.41 Å². The molecule has 158 valence electrons. The Hall–Kier alpha value is -2.62. The van der Waals surface area contributed by atoms with E-state index in [1.54, 1.807) is 35.2 Å². The average Bonchev–Trinajstić information content (AvgIpc) is 3.12. The highest BCUT2D eigenvalue weighted by molar-refractivity contribution is 7.15. The molecular weight excluding hydrogens is 398 g/mol. The maximum atomic E-state index is 13.5. The van der Waals surface area contributed by atoms with Gasteiger partial charge in [-0.15, -0.1) is 11.3 Å². The maximum Gasteiger partial charge on any atom is 0.348 e. The van der Waals surface area contributed by atoms with E-state index in [0.717, 1.165) is 11.3 Å². The van der Waals surface area contributed by atoms with Crippen molar-refractivity contribution in [1.29, 1.82) is 0 Å². The van der Waals surface area contributed by atoms with Crippen LogP contribution in [0.3, 0.4) is 0 Å². The number of carboxylic acid groups (broad SMARTS) is 1. The van der Waals surface area contributed by atoms with Gasteiger partial charge in [-0.1, -0.05) is 30.0 Å². The van der Waals surface area contributed by atoms with E-state index in [1.165, 1.54) is 0 Å². The van der Waals surface area contributed by atoms with Crippen molar-refractivity contribution in [3.63, 3.8) is 0 Å². The van der Waals surface area contributed by atoms with Crippen molar-refractivity contribution in [2.75, 3.05) is 4.90 Å². The van der Waals surface area contributed by atoms with Crippen molar-refractivity contribution >= 4 is 28.9 Å². The Kier molecular flexibility index (Phi) is 6.64. The van der Waals surface area contributed by atoms with Crippen LogP contribution in [0.2, 0.25) is 0 Å². The van der Waals surface area contributed by atoms with Crippen LogP contribution in [0.1, 0.15) is 71.4 Å². The molecule has 1 saturated carbocycles. The molecule has 0 unspecified atom stereocenters. The zero-order valence-electron chi connectivity index (χ0n) is 17.5. The van der Waals surface area contributed by atoms with Gasteiger partial charge in [-0.3, -0.25) is 4.79 Å². The Morgan fingerprint density at radius 1 is 1.10 bits per heavy atom. The number of rotatable bonds is 4. The van der Waals surface area contributed by atoms with Gasteiger partial charge in [0.2, 0.25) is 0 Å². The van der Waals surface area contributed by atoms with Crippen LogP contribution < -0.4 is 4.90 Å². The molecule has 0 spiro atoms. The predicted molar refractivity (Wildman–Crippen MR) is 119 cm³/mol. The third kappa shape index (κ3) is 5.29. The molecular formula is C24H27NO4S. The highest BCUT2D eigenvalue weighted by atomic mass is 32.1. The van der Waals surface area contributed by atoms with Crippen molar-refractivity contribution in [3.8, 4) is 11.8 Å². The summed E-state index contributed by atoms with van der Waals surface area (Å²) in [4.78, 5) is 27.8. The number of aliphatic hydroxyl groups excluding tert-OH is 1. The van der Waals surface area contributed by atoms with Gasteiger partial charge in [0.15, 0.2) is 0 Å². The van der Waals surface area contributed by atoms with Crippen LogP contribution in [0.4, 0.5) is 5.69 Å². The second kappa shape index (κ2) is 9.03. The molecule has 1 aromatic carbocycles. The molecule has 5 nitrogen and oxygen atoms in total. The molecule has 1 aliphatic rings. The van der Waals surface area contributed by atoms with Crippen LogP contribution in [-0.4, -0.2) is 34.2 Å². The van der Waals surface area contributed by atoms with Crippen LogP contribution in [0.5, 0.6) is 0 Å². The van der Waals surface area contributed by atoms with Crippen molar-refractivity contribution in [3.05, 3.63) is 51.7 Å². The molecule has 3 rings (SSSR count). The monoisotopic (exact) mass is 425 g/mol. The van der Waals surface area contributed by atoms with Gasteiger partial charge in [-0.25, -0.2) is 4.79 Å². The molecule has 1 aromatic heterocycles. The Balaban J connectivity index is 2.08. The number of nitrogens with zero attached hydrogens (tertiary/aromatic N) is 1. The van der Waals surface area contributed by atoms with Gasteiger partial charge < -0.3 is 15.1 Å². The molecule has 0 bridgehead atoms. The zero-order chi connectivity index (χ0) is 21.9. The summed E-state index contributed by atoms with van der Waals surface area (Å²) in [5.74, 6) is 4.91. The first-order valence-electron chi connectivity index (χ1n) is 10.1. The molecule has 1 aliphatic carbocycles. The van der Waals surface area contributed by atoms with Crippen molar-refractivity contribution in [1.82, 2.24) is 0 Å². The molecule has 2 aromatic rings. The number of benzene rings is 1. The molecule has 0 aliphatic heterocycles. The van der Waals surface area contributed by atoms with Gasteiger partial charge in [0.05, 0.1) is 16.7 Å². The summed E-state index contributed by atoms with van der Waals surface area (Å²) in [6.45, 7) is 5.97. The minimum atomic E-state index is -1.07. The van der Waals surface area contributed by atoms with Gasteiger partial charge in [-0.05, 0) is 64.7 Å². The third-order valence-electron chi connectivity index (χ3n) is 5.00. The number of carbonyl (C=O) groups is 2. The fourth-order valence-corrected chi connectivity index (χ4v) is 4.37. The van der Waals surface area contributed by atoms with Gasteiger partial charge in [0.1, 0.15) is 4.88 Å². The Labute approximate surface area is 181 Å². The lowest BCUT2D eigenvalue weighted by Gasteiger charge is -2.35. The fraction of sp³-hybridized carbons (Fsp3) is 0.417. The number of hydrogen-bond acceptors (Lipinski definition) is 4. The number of amides is 1. The first-order valence-corrected chi connectivity index (χ1v) is 10.9. The zero-order valence-corrected chi connectivity index (χ0v) is 18.3.